The Hall–Kier alpha value is -1.07. The first-order valence-corrected chi connectivity index (χ1v) is 9.60. The fraction of sp³-hybridized carbons (Fsp3) is 0.389. The first-order chi connectivity index (χ1) is 11.5. The zero-order valence-electron chi connectivity index (χ0n) is 13.3. The molecule has 2 heterocycles. The molecule has 0 radical (unpaired) electrons. The number of benzene rings is 1. The molecule has 0 amide bonds. The average Bonchev–Trinajstić information content (AvgIpc) is 2.97. The van der Waals surface area contributed by atoms with Gasteiger partial charge in [-0.05, 0) is 61.0 Å². The van der Waals surface area contributed by atoms with Crippen molar-refractivity contribution in [2.24, 2.45) is 0 Å². The maximum Gasteiger partial charge on any atom is 0.320 e. The summed E-state index contributed by atoms with van der Waals surface area (Å²) in [5.74, 6) is -0.756. The number of thiophene rings is 1. The number of halogens is 2. The molecular formula is C18H19Cl2NO2S. The van der Waals surface area contributed by atoms with Crippen LogP contribution in [0.25, 0.3) is 0 Å². The van der Waals surface area contributed by atoms with Crippen LogP contribution in [-0.4, -0.2) is 28.6 Å². The van der Waals surface area contributed by atoms with Crippen LogP contribution in [0.15, 0.2) is 29.6 Å². The Morgan fingerprint density at radius 3 is 2.71 bits per heavy atom. The Bertz CT molecular complexity index is 746. The molecule has 0 spiro atoms. The molecule has 1 saturated heterocycles. The van der Waals surface area contributed by atoms with Gasteiger partial charge in [0.25, 0.3) is 0 Å². The van der Waals surface area contributed by atoms with Crippen LogP contribution in [0.3, 0.4) is 0 Å². The highest BCUT2D eigenvalue weighted by molar-refractivity contribution is 7.10. The van der Waals surface area contributed by atoms with Gasteiger partial charge in [0.1, 0.15) is 6.04 Å². The molecule has 128 valence electrons. The summed E-state index contributed by atoms with van der Waals surface area (Å²) in [5.41, 5.74) is 2.16. The Morgan fingerprint density at radius 2 is 2.08 bits per heavy atom. The highest BCUT2D eigenvalue weighted by atomic mass is 35.5. The summed E-state index contributed by atoms with van der Waals surface area (Å²) in [6, 6.07) is 7.09. The zero-order valence-corrected chi connectivity index (χ0v) is 15.7. The van der Waals surface area contributed by atoms with Crippen LogP contribution < -0.4 is 0 Å². The molecule has 1 N–H and O–H groups in total. The van der Waals surface area contributed by atoms with E-state index in [-0.39, 0.29) is 6.04 Å². The smallest absolute Gasteiger partial charge is 0.320 e. The number of hydrogen-bond acceptors (Lipinski definition) is 3. The number of hydrogen-bond donors (Lipinski definition) is 1. The highest BCUT2D eigenvalue weighted by Gasteiger charge is 2.36. The number of rotatable bonds is 4. The second-order valence-corrected chi connectivity index (χ2v) is 7.89. The van der Waals surface area contributed by atoms with E-state index < -0.39 is 12.0 Å². The van der Waals surface area contributed by atoms with Crippen molar-refractivity contribution in [1.82, 2.24) is 4.90 Å². The molecule has 1 aromatic carbocycles. The summed E-state index contributed by atoms with van der Waals surface area (Å²) in [5, 5.41) is 12.7. The Kier molecular flexibility index (Phi) is 5.50. The van der Waals surface area contributed by atoms with Crippen molar-refractivity contribution in [1.29, 1.82) is 0 Å². The summed E-state index contributed by atoms with van der Waals surface area (Å²) in [7, 11) is 0. The Labute approximate surface area is 155 Å². The van der Waals surface area contributed by atoms with E-state index in [1.54, 1.807) is 17.4 Å². The molecular weight excluding hydrogens is 365 g/mol. The third-order valence-corrected chi connectivity index (χ3v) is 6.38. The zero-order chi connectivity index (χ0) is 17.3. The summed E-state index contributed by atoms with van der Waals surface area (Å²) in [6.07, 6.45) is 2.63. The van der Waals surface area contributed by atoms with E-state index >= 15 is 0 Å². The molecule has 3 rings (SSSR count). The van der Waals surface area contributed by atoms with Crippen LogP contribution in [0, 0.1) is 6.92 Å². The van der Waals surface area contributed by atoms with Gasteiger partial charge in [-0.25, -0.2) is 0 Å². The topological polar surface area (TPSA) is 40.5 Å². The van der Waals surface area contributed by atoms with Crippen molar-refractivity contribution in [3.8, 4) is 0 Å². The second-order valence-electron chi connectivity index (χ2n) is 6.13. The quantitative estimate of drug-likeness (QED) is 0.768. The first kappa shape index (κ1) is 17.7. The number of aryl methyl sites for hydroxylation is 1. The van der Waals surface area contributed by atoms with Gasteiger partial charge in [0.2, 0.25) is 0 Å². The Morgan fingerprint density at radius 1 is 1.29 bits per heavy atom. The molecule has 1 fully saturated rings. The van der Waals surface area contributed by atoms with E-state index in [9.17, 15) is 9.90 Å². The van der Waals surface area contributed by atoms with Gasteiger partial charge in [-0.3, -0.25) is 9.69 Å². The lowest BCUT2D eigenvalue weighted by Gasteiger charge is -2.39. The number of carbonyl (C=O) groups is 1. The van der Waals surface area contributed by atoms with Gasteiger partial charge in [0.05, 0.1) is 16.1 Å². The normalized spacial score (nSPS) is 20.0. The van der Waals surface area contributed by atoms with E-state index in [0.717, 1.165) is 24.9 Å². The molecule has 0 aliphatic carbocycles. The number of piperidine rings is 1. The molecule has 24 heavy (non-hydrogen) atoms. The summed E-state index contributed by atoms with van der Waals surface area (Å²) in [4.78, 5) is 15.1. The second kappa shape index (κ2) is 7.44. The fourth-order valence-corrected chi connectivity index (χ4v) is 4.75. The van der Waals surface area contributed by atoms with E-state index in [0.29, 0.717) is 16.5 Å². The minimum absolute atomic E-state index is 0.110. The molecule has 0 bridgehead atoms. The van der Waals surface area contributed by atoms with Gasteiger partial charge < -0.3 is 5.11 Å². The first-order valence-electron chi connectivity index (χ1n) is 7.96. The molecule has 3 nitrogen and oxygen atoms in total. The molecule has 2 atom stereocenters. The lowest BCUT2D eigenvalue weighted by Crippen LogP contribution is -2.46. The van der Waals surface area contributed by atoms with Crippen molar-refractivity contribution in [3.63, 3.8) is 0 Å². The third kappa shape index (κ3) is 3.47. The number of aliphatic carboxylic acids is 1. The minimum Gasteiger partial charge on any atom is -0.480 e. The average molecular weight is 384 g/mol. The van der Waals surface area contributed by atoms with Crippen molar-refractivity contribution in [2.75, 3.05) is 6.54 Å². The van der Waals surface area contributed by atoms with Crippen LogP contribution in [0.2, 0.25) is 10.0 Å². The summed E-state index contributed by atoms with van der Waals surface area (Å²) >= 11 is 14.0. The van der Waals surface area contributed by atoms with Gasteiger partial charge in [-0.15, -0.1) is 11.3 Å². The van der Waals surface area contributed by atoms with E-state index in [2.05, 4.69) is 23.3 Å². The van der Waals surface area contributed by atoms with Crippen LogP contribution in [0.4, 0.5) is 0 Å². The molecule has 0 saturated carbocycles. The molecule has 1 aliphatic rings. The minimum atomic E-state index is -0.756. The molecule has 6 heteroatoms. The van der Waals surface area contributed by atoms with E-state index in [4.69, 9.17) is 23.2 Å². The number of carboxylic acid groups (broad SMARTS) is 1. The van der Waals surface area contributed by atoms with Gasteiger partial charge in [-0.1, -0.05) is 35.7 Å². The lowest BCUT2D eigenvalue weighted by molar-refractivity contribution is -0.145. The van der Waals surface area contributed by atoms with E-state index in [1.165, 1.54) is 10.4 Å². The summed E-state index contributed by atoms with van der Waals surface area (Å²) in [6.45, 7) is 2.83. The van der Waals surface area contributed by atoms with Gasteiger partial charge in [0, 0.05) is 4.88 Å². The highest BCUT2D eigenvalue weighted by Crippen LogP contribution is 2.39. The van der Waals surface area contributed by atoms with Crippen molar-refractivity contribution < 1.29 is 9.90 Å². The predicted molar refractivity (Wildman–Crippen MR) is 99.3 cm³/mol. The fourth-order valence-electron chi connectivity index (χ4n) is 3.37. The van der Waals surface area contributed by atoms with Crippen molar-refractivity contribution >= 4 is 40.5 Å². The van der Waals surface area contributed by atoms with Crippen molar-refractivity contribution in [3.05, 3.63) is 55.7 Å². The predicted octanol–water partition coefficient (Wildman–Crippen LogP) is 5.39. The van der Waals surface area contributed by atoms with Crippen molar-refractivity contribution in [2.45, 2.75) is 38.3 Å². The molecule has 1 aromatic heterocycles. The lowest BCUT2D eigenvalue weighted by atomic mass is 9.94. The maximum absolute atomic E-state index is 11.8. The monoisotopic (exact) mass is 383 g/mol. The third-order valence-electron chi connectivity index (χ3n) is 4.57. The number of carboxylic acids is 1. The molecule has 2 aromatic rings. The van der Waals surface area contributed by atoms with Crippen LogP contribution in [0.5, 0.6) is 0 Å². The maximum atomic E-state index is 11.8. The van der Waals surface area contributed by atoms with Gasteiger partial charge in [0.15, 0.2) is 0 Å². The largest absolute Gasteiger partial charge is 0.480 e. The SMILES string of the molecule is Cc1ccsc1C(c1ccc(Cl)c(Cl)c1)N1CCCCC1C(=O)O. The standard InChI is InChI=1S/C18H19Cl2NO2S/c1-11-7-9-24-17(11)16(12-5-6-13(19)14(20)10-12)21-8-3-2-4-15(21)18(22)23/h5-7,9-10,15-16H,2-4,8H2,1H3,(H,22,23). The summed E-state index contributed by atoms with van der Waals surface area (Å²) < 4.78 is 0. The van der Waals surface area contributed by atoms with E-state index in [1.807, 2.05) is 12.1 Å². The molecule has 1 aliphatic heterocycles. The van der Waals surface area contributed by atoms with Gasteiger partial charge in [-0.2, -0.15) is 0 Å². The van der Waals surface area contributed by atoms with Gasteiger partial charge >= 0.3 is 5.97 Å². The Balaban J connectivity index is 2.09. The van der Waals surface area contributed by atoms with Crippen LogP contribution in [-0.2, 0) is 4.79 Å². The van der Waals surface area contributed by atoms with Crippen LogP contribution >= 0.6 is 34.5 Å². The van der Waals surface area contributed by atoms with Crippen LogP contribution in [0.1, 0.15) is 41.3 Å². The number of likely N-dealkylation sites (tertiary alicyclic amines) is 1. The molecule has 2 unspecified atom stereocenters. The number of nitrogens with zero attached hydrogens (tertiary/aromatic N) is 1.